The van der Waals surface area contributed by atoms with E-state index < -0.39 is 0 Å². The van der Waals surface area contributed by atoms with Crippen molar-refractivity contribution in [2.45, 2.75) is 39.0 Å². The summed E-state index contributed by atoms with van der Waals surface area (Å²) in [5.41, 5.74) is 0. The van der Waals surface area contributed by atoms with Gasteiger partial charge in [-0.1, -0.05) is 18.9 Å². The number of amides is 1. The fourth-order valence-electron chi connectivity index (χ4n) is 1.87. The predicted molar refractivity (Wildman–Crippen MR) is 65.4 cm³/mol. The maximum Gasteiger partial charge on any atom is 0.330 e. The van der Waals surface area contributed by atoms with Crippen LogP contribution in [0, 0.1) is 0 Å². The zero-order valence-electron chi connectivity index (χ0n) is 10.5. The Morgan fingerprint density at radius 2 is 2.12 bits per heavy atom. The van der Waals surface area contributed by atoms with Crippen molar-refractivity contribution in [2.24, 2.45) is 0 Å². The Kier molecular flexibility index (Phi) is 6.37. The van der Waals surface area contributed by atoms with Crippen LogP contribution in [0.4, 0.5) is 0 Å². The van der Waals surface area contributed by atoms with Gasteiger partial charge in [0.1, 0.15) is 0 Å². The molecule has 17 heavy (non-hydrogen) atoms. The van der Waals surface area contributed by atoms with Crippen LogP contribution in [-0.2, 0) is 14.3 Å². The number of esters is 1. The molecule has 1 amide bonds. The highest BCUT2D eigenvalue weighted by Crippen LogP contribution is 2.11. The molecule has 1 saturated heterocycles. The lowest BCUT2D eigenvalue weighted by Gasteiger charge is -2.23. The molecule has 1 aliphatic rings. The van der Waals surface area contributed by atoms with Crippen LogP contribution in [0.15, 0.2) is 12.2 Å². The summed E-state index contributed by atoms with van der Waals surface area (Å²) in [5, 5.41) is 0. The topological polar surface area (TPSA) is 46.6 Å². The third-order valence-electron chi connectivity index (χ3n) is 2.79. The number of hydrogen-bond acceptors (Lipinski definition) is 3. The van der Waals surface area contributed by atoms with Gasteiger partial charge in [0.15, 0.2) is 0 Å². The monoisotopic (exact) mass is 239 g/mol. The Morgan fingerprint density at radius 3 is 2.88 bits per heavy atom. The van der Waals surface area contributed by atoms with Gasteiger partial charge in [-0.3, -0.25) is 4.79 Å². The number of likely N-dealkylation sites (tertiary alicyclic amines) is 1. The van der Waals surface area contributed by atoms with Crippen molar-refractivity contribution >= 4 is 11.9 Å². The number of carbonyl (C=O) groups is 2. The molecule has 96 valence electrons. The molecule has 4 nitrogen and oxygen atoms in total. The molecule has 1 aliphatic heterocycles. The van der Waals surface area contributed by atoms with Crippen molar-refractivity contribution in [1.82, 2.24) is 4.90 Å². The second kappa shape index (κ2) is 7.87. The van der Waals surface area contributed by atoms with Crippen molar-refractivity contribution in [2.75, 3.05) is 19.7 Å². The first-order chi connectivity index (χ1) is 8.24. The van der Waals surface area contributed by atoms with Gasteiger partial charge in [0.25, 0.3) is 0 Å². The van der Waals surface area contributed by atoms with Gasteiger partial charge in [-0.05, 0) is 19.8 Å². The second-order valence-electron chi connectivity index (χ2n) is 4.16. The quantitative estimate of drug-likeness (QED) is 0.556. The number of nitrogens with zero attached hydrogens (tertiary/aromatic N) is 1. The van der Waals surface area contributed by atoms with E-state index in [1.165, 1.54) is 12.5 Å². The van der Waals surface area contributed by atoms with Crippen LogP contribution < -0.4 is 0 Å². The molecule has 0 saturated carbocycles. The summed E-state index contributed by atoms with van der Waals surface area (Å²) in [4.78, 5) is 24.6. The summed E-state index contributed by atoms with van der Waals surface area (Å²) in [6.07, 6.45) is 8.11. The first-order valence-electron chi connectivity index (χ1n) is 6.35. The number of rotatable bonds is 4. The molecule has 1 rings (SSSR count). The standard InChI is InChI=1S/C13H21NO3/c1-2-17-13(16)9-7-11-14-10-6-4-3-5-8-12(14)15/h7,9H,2-6,8,10-11H2,1H3/b9-7+. The molecule has 0 aromatic rings. The van der Waals surface area contributed by atoms with E-state index in [-0.39, 0.29) is 11.9 Å². The average Bonchev–Trinajstić information content (AvgIpc) is 2.28. The van der Waals surface area contributed by atoms with E-state index in [1.807, 2.05) is 4.90 Å². The summed E-state index contributed by atoms with van der Waals surface area (Å²) in [7, 11) is 0. The van der Waals surface area contributed by atoms with Crippen LogP contribution in [0.25, 0.3) is 0 Å². The lowest BCUT2D eigenvalue weighted by molar-refractivity contribution is -0.137. The average molecular weight is 239 g/mol. The van der Waals surface area contributed by atoms with E-state index in [0.717, 1.165) is 25.8 Å². The van der Waals surface area contributed by atoms with Gasteiger partial charge >= 0.3 is 5.97 Å². The molecule has 4 heteroatoms. The summed E-state index contributed by atoms with van der Waals surface area (Å²) in [5.74, 6) is -0.148. The summed E-state index contributed by atoms with van der Waals surface area (Å²) >= 11 is 0. The first-order valence-corrected chi connectivity index (χ1v) is 6.35. The van der Waals surface area contributed by atoms with E-state index in [9.17, 15) is 9.59 Å². The van der Waals surface area contributed by atoms with Crippen LogP contribution in [0.2, 0.25) is 0 Å². The third kappa shape index (κ3) is 5.52. The minimum Gasteiger partial charge on any atom is -0.463 e. The fourth-order valence-corrected chi connectivity index (χ4v) is 1.87. The number of carbonyl (C=O) groups excluding carboxylic acids is 2. The van der Waals surface area contributed by atoms with Gasteiger partial charge < -0.3 is 9.64 Å². The Bertz CT molecular complexity index is 286. The summed E-state index contributed by atoms with van der Waals surface area (Å²) in [6, 6.07) is 0. The predicted octanol–water partition coefficient (Wildman–Crippen LogP) is 1.90. The molecule has 1 heterocycles. The molecule has 0 unspecified atom stereocenters. The molecule has 0 aliphatic carbocycles. The van der Waals surface area contributed by atoms with Crippen LogP contribution in [0.3, 0.4) is 0 Å². The maximum absolute atomic E-state index is 11.7. The minimum atomic E-state index is -0.341. The lowest BCUT2D eigenvalue weighted by Crippen LogP contribution is -2.33. The van der Waals surface area contributed by atoms with Crippen molar-refractivity contribution < 1.29 is 14.3 Å². The lowest BCUT2D eigenvalue weighted by atomic mass is 10.1. The van der Waals surface area contributed by atoms with Gasteiger partial charge in [-0.2, -0.15) is 0 Å². The normalized spacial score (nSPS) is 17.9. The van der Waals surface area contributed by atoms with Gasteiger partial charge in [-0.25, -0.2) is 4.79 Å². The number of hydrogen-bond donors (Lipinski definition) is 0. The largest absolute Gasteiger partial charge is 0.463 e. The molecule has 1 fully saturated rings. The maximum atomic E-state index is 11.7. The minimum absolute atomic E-state index is 0.193. The summed E-state index contributed by atoms with van der Waals surface area (Å²) in [6.45, 7) is 3.46. The van der Waals surface area contributed by atoms with E-state index in [1.54, 1.807) is 13.0 Å². The highest BCUT2D eigenvalue weighted by atomic mass is 16.5. The van der Waals surface area contributed by atoms with Crippen LogP contribution >= 0.6 is 0 Å². The molecule has 0 spiro atoms. The number of ether oxygens (including phenoxy) is 1. The Hall–Kier alpha value is -1.32. The molecule has 0 N–H and O–H groups in total. The van der Waals surface area contributed by atoms with E-state index in [0.29, 0.717) is 19.6 Å². The first kappa shape index (κ1) is 13.7. The summed E-state index contributed by atoms with van der Waals surface area (Å²) < 4.78 is 4.77. The molecule has 0 radical (unpaired) electrons. The van der Waals surface area contributed by atoms with Crippen molar-refractivity contribution in [1.29, 1.82) is 0 Å². The van der Waals surface area contributed by atoms with E-state index >= 15 is 0 Å². The van der Waals surface area contributed by atoms with Crippen LogP contribution in [-0.4, -0.2) is 36.5 Å². The highest BCUT2D eigenvalue weighted by molar-refractivity contribution is 5.82. The molecule has 0 bridgehead atoms. The van der Waals surface area contributed by atoms with Gasteiger partial charge in [0.05, 0.1) is 6.61 Å². The van der Waals surface area contributed by atoms with E-state index in [4.69, 9.17) is 4.74 Å². The fraction of sp³-hybridized carbons (Fsp3) is 0.692. The van der Waals surface area contributed by atoms with Crippen LogP contribution in [0.1, 0.15) is 39.0 Å². The van der Waals surface area contributed by atoms with Gasteiger partial charge in [-0.15, -0.1) is 0 Å². The van der Waals surface area contributed by atoms with Gasteiger partial charge in [0.2, 0.25) is 5.91 Å². The zero-order valence-corrected chi connectivity index (χ0v) is 10.5. The zero-order chi connectivity index (χ0) is 12.5. The van der Waals surface area contributed by atoms with Crippen molar-refractivity contribution in [3.8, 4) is 0 Å². The molecular formula is C13H21NO3. The molecule has 0 aromatic heterocycles. The van der Waals surface area contributed by atoms with Crippen molar-refractivity contribution in [3.05, 3.63) is 12.2 Å². The van der Waals surface area contributed by atoms with E-state index in [2.05, 4.69) is 0 Å². The van der Waals surface area contributed by atoms with Crippen molar-refractivity contribution in [3.63, 3.8) is 0 Å². The molecule has 0 aromatic carbocycles. The third-order valence-corrected chi connectivity index (χ3v) is 2.79. The Balaban J connectivity index is 2.37. The molecular weight excluding hydrogens is 218 g/mol. The smallest absolute Gasteiger partial charge is 0.330 e. The SMILES string of the molecule is CCOC(=O)/C=C/CN1CCCCCCC1=O. The highest BCUT2D eigenvalue weighted by Gasteiger charge is 2.13. The Morgan fingerprint density at radius 1 is 1.35 bits per heavy atom. The Labute approximate surface area is 103 Å². The second-order valence-corrected chi connectivity index (χ2v) is 4.16. The molecule has 0 atom stereocenters. The van der Waals surface area contributed by atoms with Gasteiger partial charge in [0, 0.05) is 25.6 Å². The van der Waals surface area contributed by atoms with Crippen LogP contribution in [0.5, 0.6) is 0 Å².